The lowest BCUT2D eigenvalue weighted by Gasteiger charge is -2.26. The summed E-state index contributed by atoms with van der Waals surface area (Å²) >= 11 is 1.28. The minimum absolute atomic E-state index is 0.0556. The molecule has 0 spiro atoms. The van der Waals surface area contributed by atoms with E-state index >= 15 is 0 Å². The quantitative estimate of drug-likeness (QED) is 0.333. The lowest BCUT2D eigenvalue weighted by Crippen LogP contribution is -2.37. The number of hydrogen-bond acceptors (Lipinski definition) is 6. The van der Waals surface area contributed by atoms with Crippen molar-refractivity contribution in [1.82, 2.24) is 4.90 Å². The SMILES string of the molecule is COC(=O)Oc1ccc(CCCN2C(=O)C(F)(F)C[C@@H]2CC[C@@H](O)[C@H](C)CCCc2ccccc2)s1. The predicted molar refractivity (Wildman–Crippen MR) is 135 cm³/mol. The van der Waals surface area contributed by atoms with Crippen LogP contribution in [0.2, 0.25) is 0 Å². The van der Waals surface area contributed by atoms with Gasteiger partial charge in [0.1, 0.15) is 0 Å². The van der Waals surface area contributed by atoms with Crippen molar-refractivity contribution in [3.05, 3.63) is 52.9 Å². The molecule has 1 aliphatic rings. The molecule has 0 bridgehead atoms. The molecule has 9 heteroatoms. The van der Waals surface area contributed by atoms with Crippen LogP contribution >= 0.6 is 11.3 Å². The number of methoxy groups -OCH3 is 1. The number of rotatable bonds is 13. The number of carbonyl (C=O) groups is 2. The molecule has 1 fully saturated rings. The van der Waals surface area contributed by atoms with Crippen LogP contribution in [0.25, 0.3) is 0 Å². The number of halogens is 2. The van der Waals surface area contributed by atoms with Crippen molar-refractivity contribution in [3.63, 3.8) is 0 Å². The molecular formula is C27H35F2NO5S. The number of nitrogens with zero attached hydrogens (tertiary/aromatic N) is 1. The van der Waals surface area contributed by atoms with E-state index in [1.165, 1.54) is 28.9 Å². The summed E-state index contributed by atoms with van der Waals surface area (Å²) in [6.07, 6.45) is 2.65. The second-order valence-corrected chi connectivity index (χ2v) is 10.6. The normalized spacial score (nSPS) is 18.8. The van der Waals surface area contributed by atoms with Crippen LogP contribution in [0.15, 0.2) is 42.5 Å². The van der Waals surface area contributed by atoms with Gasteiger partial charge < -0.3 is 19.5 Å². The Morgan fingerprint density at radius 3 is 2.64 bits per heavy atom. The number of thiophene rings is 1. The zero-order chi connectivity index (χ0) is 26.1. The molecule has 0 unspecified atom stereocenters. The fraction of sp³-hybridized carbons (Fsp3) is 0.556. The third-order valence-corrected chi connectivity index (χ3v) is 7.76. The molecule has 2 heterocycles. The first-order chi connectivity index (χ1) is 17.2. The fourth-order valence-corrected chi connectivity index (χ4v) is 5.51. The lowest BCUT2D eigenvalue weighted by atomic mass is 9.92. The van der Waals surface area contributed by atoms with Gasteiger partial charge in [0.2, 0.25) is 0 Å². The van der Waals surface area contributed by atoms with Crippen LogP contribution in [0, 0.1) is 5.92 Å². The molecule has 198 valence electrons. The van der Waals surface area contributed by atoms with E-state index in [9.17, 15) is 23.5 Å². The van der Waals surface area contributed by atoms with Crippen LogP contribution in [-0.4, -0.2) is 53.8 Å². The molecule has 2 aromatic rings. The van der Waals surface area contributed by atoms with Crippen LogP contribution in [0.4, 0.5) is 13.6 Å². The smallest absolute Gasteiger partial charge is 0.437 e. The van der Waals surface area contributed by atoms with E-state index in [1.54, 1.807) is 12.1 Å². The Hall–Kier alpha value is -2.52. The van der Waals surface area contributed by atoms with E-state index in [2.05, 4.69) is 16.9 Å². The van der Waals surface area contributed by atoms with Gasteiger partial charge in [-0.1, -0.05) is 37.3 Å². The summed E-state index contributed by atoms with van der Waals surface area (Å²) in [4.78, 5) is 25.7. The first-order valence-corrected chi connectivity index (χ1v) is 13.3. The van der Waals surface area contributed by atoms with Gasteiger partial charge in [0, 0.05) is 23.9 Å². The predicted octanol–water partition coefficient (Wildman–Crippen LogP) is 5.86. The van der Waals surface area contributed by atoms with Crippen molar-refractivity contribution >= 4 is 23.4 Å². The highest BCUT2D eigenvalue weighted by atomic mass is 32.1. The Kier molecular flexibility index (Phi) is 10.2. The molecule has 1 aromatic carbocycles. The second-order valence-electron chi connectivity index (χ2n) is 9.44. The number of aliphatic hydroxyl groups excluding tert-OH is 1. The average molecular weight is 524 g/mol. The van der Waals surface area contributed by atoms with E-state index in [4.69, 9.17) is 4.74 Å². The van der Waals surface area contributed by atoms with Crippen LogP contribution in [-0.2, 0) is 22.4 Å². The molecule has 36 heavy (non-hydrogen) atoms. The van der Waals surface area contributed by atoms with Gasteiger partial charge in [0.05, 0.1) is 13.2 Å². The number of aliphatic hydroxyl groups is 1. The molecule has 0 saturated carbocycles. The van der Waals surface area contributed by atoms with Gasteiger partial charge in [-0.2, -0.15) is 8.78 Å². The molecule has 0 radical (unpaired) electrons. The molecule has 1 aromatic heterocycles. The zero-order valence-electron chi connectivity index (χ0n) is 20.8. The van der Waals surface area contributed by atoms with Gasteiger partial charge in [0.25, 0.3) is 5.91 Å². The Bertz CT molecular complexity index is 984. The van der Waals surface area contributed by atoms with Gasteiger partial charge in [-0.3, -0.25) is 4.79 Å². The third-order valence-electron chi connectivity index (χ3n) is 6.74. The van der Waals surface area contributed by atoms with Crippen molar-refractivity contribution in [3.8, 4) is 5.06 Å². The molecule has 1 N–H and O–H groups in total. The van der Waals surface area contributed by atoms with Crippen LogP contribution < -0.4 is 4.74 Å². The number of alkyl halides is 2. The summed E-state index contributed by atoms with van der Waals surface area (Å²) in [5, 5.41) is 11.0. The number of amides is 1. The molecular weight excluding hydrogens is 488 g/mol. The number of ether oxygens (including phenoxy) is 2. The topological polar surface area (TPSA) is 76.1 Å². The third kappa shape index (κ3) is 8.00. The molecule has 3 atom stereocenters. The molecule has 1 aliphatic heterocycles. The average Bonchev–Trinajstić information content (AvgIpc) is 3.39. The van der Waals surface area contributed by atoms with Gasteiger partial charge in [-0.05, 0) is 68.6 Å². The minimum Gasteiger partial charge on any atom is -0.437 e. The van der Waals surface area contributed by atoms with Gasteiger partial charge in [0.15, 0.2) is 5.06 Å². The van der Waals surface area contributed by atoms with Crippen LogP contribution in [0.5, 0.6) is 5.06 Å². The maximum atomic E-state index is 14.2. The van der Waals surface area contributed by atoms with Crippen molar-refractivity contribution in [2.24, 2.45) is 5.92 Å². The lowest BCUT2D eigenvalue weighted by molar-refractivity contribution is -0.148. The maximum absolute atomic E-state index is 14.2. The summed E-state index contributed by atoms with van der Waals surface area (Å²) in [6.45, 7) is 2.20. The summed E-state index contributed by atoms with van der Waals surface area (Å²) in [6, 6.07) is 13.0. The van der Waals surface area contributed by atoms with Crippen LogP contribution in [0.1, 0.15) is 55.9 Å². The summed E-state index contributed by atoms with van der Waals surface area (Å²) in [7, 11) is 1.22. The van der Waals surface area contributed by atoms with E-state index in [0.29, 0.717) is 30.7 Å². The van der Waals surface area contributed by atoms with Crippen molar-refractivity contribution in [2.75, 3.05) is 13.7 Å². The highest BCUT2D eigenvalue weighted by Gasteiger charge is 2.52. The number of hydrogen-bond donors (Lipinski definition) is 1. The first-order valence-electron chi connectivity index (χ1n) is 12.4. The first kappa shape index (κ1) is 28.1. The Morgan fingerprint density at radius 2 is 1.92 bits per heavy atom. The Labute approximate surface area is 215 Å². The largest absolute Gasteiger partial charge is 0.514 e. The summed E-state index contributed by atoms with van der Waals surface area (Å²) in [5.41, 5.74) is 1.26. The Balaban J connectivity index is 1.44. The molecule has 1 amide bonds. The minimum atomic E-state index is -3.36. The summed E-state index contributed by atoms with van der Waals surface area (Å²) < 4.78 is 37.9. The number of likely N-dealkylation sites (tertiary alicyclic amines) is 1. The van der Waals surface area contributed by atoms with E-state index in [0.717, 1.165) is 24.1 Å². The maximum Gasteiger partial charge on any atom is 0.514 e. The Morgan fingerprint density at radius 1 is 1.17 bits per heavy atom. The number of benzene rings is 1. The molecule has 3 rings (SSSR count). The number of aryl methyl sites for hydroxylation is 2. The van der Waals surface area contributed by atoms with Crippen molar-refractivity contribution < 1.29 is 33.0 Å². The van der Waals surface area contributed by atoms with Crippen LogP contribution in [0.3, 0.4) is 0 Å². The molecule has 1 saturated heterocycles. The van der Waals surface area contributed by atoms with Gasteiger partial charge >= 0.3 is 12.1 Å². The van der Waals surface area contributed by atoms with Gasteiger partial charge in [-0.15, -0.1) is 11.3 Å². The molecule has 0 aliphatic carbocycles. The van der Waals surface area contributed by atoms with E-state index in [-0.39, 0.29) is 12.5 Å². The summed E-state index contributed by atoms with van der Waals surface area (Å²) in [5.74, 6) is -4.43. The van der Waals surface area contributed by atoms with Gasteiger partial charge in [-0.25, -0.2) is 4.79 Å². The number of carbonyl (C=O) groups excluding carboxylic acids is 2. The standard InChI is InChI=1S/C27H35F2NO5S/c1-19(8-6-11-20-9-4-3-5-10-20)23(31)15-13-21-18-27(28,29)25(32)30(21)17-7-12-22-14-16-24(36-22)35-26(33)34-2/h3-5,9-10,14,16,19,21,23,31H,6-8,11-13,15,17-18H2,1-2H3/t19-,21+,23-/m1/s1. The van der Waals surface area contributed by atoms with E-state index in [1.807, 2.05) is 25.1 Å². The monoisotopic (exact) mass is 523 g/mol. The van der Waals surface area contributed by atoms with E-state index < -0.39 is 36.6 Å². The fourth-order valence-electron chi connectivity index (χ4n) is 4.62. The highest BCUT2D eigenvalue weighted by Crippen LogP contribution is 2.36. The van der Waals surface area contributed by atoms with Crippen molar-refractivity contribution in [1.29, 1.82) is 0 Å². The highest BCUT2D eigenvalue weighted by molar-refractivity contribution is 7.13. The zero-order valence-corrected chi connectivity index (χ0v) is 21.6. The second kappa shape index (κ2) is 13.1. The molecule has 6 nitrogen and oxygen atoms in total. The van der Waals surface area contributed by atoms with Crippen molar-refractivity contribution in [2.45, 2.75) is 76.4 Å².